The molecule has 1 N–H and O–H groups in total. The Morgan fingerprint density at radius 2 is 1.95 bits per heavy atom. The van der Waals surface area contributed by atoms with Gasteiger partial charge in [0.25, 0.3) is 0 Å². The van der Waals surface area contributed by atoms with Crippen molar-refractivity contribution in [2.24, 2.45) is 0 Å². The molecule has 2 aromatic rings. The molecule has 0 unspecified atom stereocenters. The van der Waals surface area contributed by atoms with E-state index in [1.165, 1.54) is 0 Å². The predicted octanol–water partition coefficient (Wildman–Crippen LogP) is 3.02. The number of methoxy groups -OCH3 is 2. The maximum Gasteiger partial charge on any atom is 0.127 e. The summed E-state index contributed by atoms with van der Waals surface area (Å²) in [6.45, 7) is 2.65. The average Bonchev–Trinajstić information content (AvgIpc) is 2.46. The van der Waals surface area contributed by atoms with Crippen LogP contribution in [0, 0.1) is 6.92 Å². The molecule has 0 aliphatic heterocycles. The van der Waals surface area contributed by atoms with Crippen LogP contribution >= 0.6 is 0 Å². The Hall–Kier alpha value is -2.23. The van der Waals surface area contributed by atoms with Gasteiger partial charge in [-0.3, -0.25) is 4.98 Å². The number of aryl methyl sites for hydroxylation is 1. The summed E-state index contributed by atoms with van der Waals surface area (Å²) in [5, 5.41) is 3.32. The third kappa shape index (κ3) is 3.37. The van der Waals surface area contributed by atoms with Crippen LogP contribution in [0.4, 0.5) is 5.69 Å². The van der Waals surface area contributed by atoms with E-state index in [1.807, 2.05) is 43.5 Å². The van der Waals surface area contributed by atoms with Crippen molar-refractivity contribution in [3.63, 3.8) is 0 Å². The molecule has 1 aromatic carbocycles. The number of nitrogens with zero attached hydrogens (tertiary/aromatic N) is 1. The quantitative estimate of drug-likeness (QED) is 0.895. The molecule has 0 atom stereocenters. The van der Waals surface area contributed by atoms with Crippen LogP contribution in [-0.2, 0) is 6.54 Å². The molecule has 0 saturated carbocycles. The predicted molar refractivity (Wildman–Crippen MR) is 75.8 cm³/mol. The maximum atomic E-state index is 5.36. The topological polar surface area (TPSA) is 43.4 Å². The molecule has 4 heteroatoms. The zero-order valence-electron chi connectivity index (χ0n) is 11.4. The van der Waals surface area contributed by atoms with Gasteiger partial charge in [0.15, 0.2) is 0 Å². The van der Waals surface area contributed by atoms with Crippen LogP contribution in [-0.4, -0.2) is 19.2 Å². The second-order valence-electron chi connectivity index (χ2n) is 4.22. The van der Waals surface area contributed by atoms with Gasteiger partial charge in [0.05, 0.1) is 26.1 Å². The minimum atomic E-state index is 0.678. The molecule has 100 valence electrons. The van der Waals surface area contributed by atoms with E-state index in [1.54, 1.807) is 14.2 Å². The van der Waals surface area contributed by atoms with Gasteiger partial charge in [-0.2, -0.15) is 0 Å². The Morgan fingerprint density at radius 3 is 2.58 bits per heavy atom. The van der Waals surface area contributed by atoms with Gasteiger partial charge in [-0.25, -0.2) is 0 Å². The van der Waals surface area contributed by atoms with Crippen molar-refractivity contribution < 1.29 is 9.47 Å². The maximum absolute atomic E-state index is 5.36. The number of rotatable bonds is 5. The highest BCUT2D eigenvalue weighted by atomic mass is 16.5. The first-order valence-corrected chi connectivity index (χ1v) is 6.10. The molecule has 0 fully saturated rings. The van der Waals surface area contributed by atoms with Gasteiger partial charge in [0.2, 0.25) is 0 Å². The Labute approximate surface area is 113 Å². The van der Waals surface area contributed by atoms with Crippen molar-refractivity contribution in [1.82, 2.24) is 4.98 Å². The highest BCUT2D eigenvalue weighted by Crippen LogP contribution is 2.25. The number of hydrogen-bond acceptors (Lipinski definition) is 4. The van der Waals surface area contributed by atoms with Crippen molar-refractivity contribution in [3.05, 3.63) is 47.8 Å². The van der Waals surface area contributed by atoms with Crippen LogP contribution in [0.5, 0.6) is 11.5 Å². The van der Waals surface area contributed by atoms with Crippen LogP contribution in [0.25, 0.3) is 0 Å². The first-order chi connectivity index (χ1) is 9.22. The summed E-state index contributed by atoms with van der Waals surface area (Å²) in [5.74, 6) is 1.60. The van der Waals surface area contributed by atoms with Gasteiger partial charge in [0.1, 0.15) is 11.5 Å². The Bertz CT molecular complexity index is 538. The highest BCUT2D eigenvalue weighted by molar-refractivity contribution is 5.46. The second kappa shape index (κ2) is 6.09. The molecule has 1 heterocycles. The monoisotopic (exact) mass is 258 g/mol. The van der Waals surface area contributed by atoms with Crippen LogP contribution in [0.2, 0.25) is 0 Å². The molecule has 0 aliphatic rings. The molecular formula is C15H18N2O2. The lowest BCUT2D eigenvalue weighted by Gasteiger charge is -2.12. The third-order valence-corrected chi connectivity index (χ3v) is 2.89. The molecule has 2 rings (SSSR count). The minimum absolute atomic E-state index is 0.678. The van der Waals surface area contributed by atoms with E-state index in [-0.39, 0.29) is 0 Å². The fraction of sp³-hybridized carbons (Fsp3) is 0.267. The third-order valence-electron chi connectivity index (χ3n) is 2.89. The molecule has 4 nitrogen and oxygen atoms in total. The lowest BCUT2D eigenvalue weighted by molar-refractivity contribution is 0.391. The summed E-state index contributed by atoms with van der Waals surface area (Å²) >= 11 is 0. The molecule has 19 heavy (non-hydrogen) atoms. The number of pyridine rings is 1. The standard InChI is InChI=1S/C15H18N2O2/c1-11-4-6-13(10-16-11)17-9-12-5-7-14(18-2)8-15(12)19-3/h4-8,10,17H,9H2,1-3H3. The lowest BCUT2D eigenvalue weighted by Crippen LogP contribution is -2.02. The van der Waals surface area contributed by atoms with E-state index in [0.717, 1.165) is 28.4 Å². The van der Waals surface area contributed by atoms with Crippen molar-refractivity contribution >= 4 is 5.69 Å². The zero-order valence-corrected chi connectivity index (χ0v) is 11.4. The van der Waals surface area contributed by atoms with Gasteiger partial charge in [0, 0.05) is 23.9 Å². The first kappa shape index (κ1) is 13.2. The zero-order chi connectivity index (χ0) is 13.7. The van der Waals surface area contributed by atoms with Crippen molar-refractivity contribution in [3.8, 4) is 11.5 Å². The van der Waals surface area contributed by atoms with E-state index in [4.69, 9.17) is 9.47 Å². The van der Waals surface area contributed by atoms with E-state index >= 15 is 0 Å². The highest BCUT2D eigenvalue weighted by Gasteiger charge is 2.04. The fourth-order valence-corrected chi connectivity index (χ4v) is 1.77. The summed E-state index contributed by atoms with van der Waals surface area (Å²) in [5.41, 5.74) is 3.07. The van der Waals surface area contributed by atoms with Crippen LogP contribution < -0.4 is 14.8 Å². The van der Waals surface area contributed by atoms with E-state index < -0.39 is 0 Å². The number of ether oxygens (including phenoxy) is 2. The fourth-order valence-electron chi connectivity index (χ4n) is 1.77. The Morgan fingerprint density at radius 1 is 1.11 bits per heavy atom. The van der Waals surface area contributed by atoms with Gasteiger partial charge >= 0.3 is 0 Å². The van der Waals surface area contributed by atoms with E-state index in [0.29, 0.717) is 6.54 Å². The summed E-state index contributed by atoms with van der Waals surface area (Å²) in [7, 11) is 3.30. The molecule has 0 spiro atoms. The van der Waals surface area contributed by atoms with Crippen LogP contribution in [0.15, 0.2) is 36.5 Å². The van der Waals surface area contributed by atoms with Crippen LogP contribution in [0.1, 0.15) is 11.3 Å². The number of aromatic nitrogens is 1. The first-order valence-electron chi connectivity index (χ1n) is 6.10. The summed E-state index contributed by atoms with van der Waals surface area (Å²) in [6.07, 6.45) is 1.82. The largest absolute Gasteiger partial charge is 0.497 e. The van der Waals surface area contributed by atoms with E-state index in [9.17, 15) is 0 Å². The number of benzene rings is 1. The van der Waals surface area contributed by atoms with Crippen molar-refractivity contribution in [2.75, 3.05) is 19.5 Å². The van der Waals surface area contributed by atoms with Gasteiger partial charge in [-0.15, -0.1) is 0 Å². The summed E-state index contributed by atoms with van der Waals surface area (Å²) in [4.78, 5) is 4.25. The van der Waals surface area contributed by atoms with Crippen molar-refractivity contribution in [1.29, 1.82) is 0 Å². The van der Waals surface area contributed by atoms with Crippen molar-refractivity contribution in [2.45, 2.75) is 13.5 Å². The minimum Gasteiger partial charge on any atom is -0.497 e. The molecule has 0 radical (unpaired) electrons. The Kier molecular flexibility index (Phi) is 4.23. The molecule has 0 bridgehead atoms. The summed E-state index contributed by atoms with van der Waals surface area (Å²) in [6, 6.07) is 9.79. The smallest absolute Gasteiger partial charge is 0.127 e. The SMILES string of the molecule is COc1ccc(CNc2ccc(C)nc2)c(OC)c1. The van der Waals surface area contributed by atoms with Gasteiger partial charge in [-0.1, -0.05) is 0 Å². The molecular weight excluding hydrogens is 240 g/mol. The normalized spacial score (nSPS) is 10.1. The second-order valence-corrected chi connectivity index (χ2v) is 4.22. The lowest BCUT2D eigenvalue weighted by atomic mass is 10.2. The molecule has 1 aromatic heterocycles. The van der Waals surface area contributed by atoms with Crippen LogP contribution in [0.3, 0.4) is 0 Å². The molecule has 0 saturated heterocycles. The van der Waals surface area contributed by atoms with Gasteiger partial charge < -0.3 is 14.8 Å². The number of hydrogen-bond donors (Lipinski definition) is 1. The Balaban J connectivity index is 2.08. The number of nitrogens with one attached hydrogen (secondary N) is 1. The summed E-state index contributed by atoms with van der Waals surface area (Å²) < 4.78 is 10.5. The average molecular weight is 258 g/mol. The number of anilines is 1. The molecule has 0 amide bonds. The van der Waals surface area contributed by atoms with Gasteiger partial charge in [-0.05, 0) is 31.2 Å². The molecule has 0 aliphatic carbocycles. The van der Waals surface area contributed by atoms with E-state index in [2.05, 4.69) is 10.3 Å².